The van der Waals surface area contributed by atoms with Gasteiger partial charge >= 0.3 is 6.01 Å². The molecule has 92 valence electrons. The molecule has 7 nitrogen and oxygen atoms in total. The number of hydrogen-bond acceptors (Lipinski definition) is 7. The summed E-state index contributed by atoms with van der Waals surface area (Å²) in [5.74, 6) is 0.694. The van der Waals surface area contributed by atoms with Crippen LogP contribution in [0.15, 0.2) is 0 Å². The summed E-state index contributed by atoms with van der Waals surface area (Å²) in [6, 6.07) is 2.33. The molecule has 0 spiro atoms. The Kier molecular flexibility index (Phi) is 4.04. The van der Waals surface area contributed by atoms with Crippen LogP contribution in [-0.2, 0) is 0 Å². The summed E-state index contributed by atoms with van der Waals surface area (Å²) >= 11 is 0. The van der Waals surface area contributed by atoms with Gasteiger partial charge in [-0.1, -0.05) is 0 Å². The maximum atomic E-state index is 8.92. The first-order chi connectivity index (χ1) is 8.00. The fourth-order valence-corrected chi connectivity index (χ4v) is 1.03. The van der Waals surface area contributed by atoms with Crippen molar-refractivity contribution in [2.45, 2.75) is 26.3 Å². The predicted molar refractivity (Wildman–Crippen MR) is 63.9 cm³/mol. The highest BCUT2D eigenvalue weighted by molar-refractivity contribution is 5.39. The van der Waals surface area contributed by atoms with Gasteiger partial charge in [-0.15, -0.1) is 0 Å². The Morgan fingerprint density at radius 2 is 1.94 bits per heavy atom. The van der Waals surface area contributed by atoms with E-state index in [0.717, 1.165) is 0 Å². The van der Waals surface area contributed by atoms with Crippen molar-refractivity contribution in [2.75, 3.05) is 24.3 Å². The Morgan fingerprint density at radius 3 is 2.47 bits per heavy atom. The van der Waals surface area contributed by atoms with Crippen LogP contribution in [0.5, 0.6) is 6.01 Å². The van der Waals surface area contributed by atoms with E-state index in [-0.39, 0.29) is 6.01 Å². The molecule has 1 heterocycles. The monoisotopic (exact) mass is 236 g/mol. The van der Waals surface area contributed by atoms with Gasteiger partial charge in [-0.2, -0.15) is 20.2 Å². The van der Waals surface area contributed by atoms with Gasteiger partial charge < -0.3 is 15.4 Å². The highest BCUT2D eigenvalue weighted by Crippen LogP contribution is 2.14. The van der Waals surface area contributed by atoms with Crippen molar-refractivity contribution in [1.82, 2.24) is 15.0 Å². The van der Waals surface area contributed by atoms with Gasteiger partial charge in [-0.25, -0.2) is 0 Å². The van der Waals surface area contributed by atoms with E-state index in [9.17, 15) is 0 Å². The molecule has 0 aliphatic rings. The summed E-state index contributed by atoms with van der Waals surface area (Å²) < 4.78 is 5.21. The number of aromatic nitrogens is 3. The van der Waals surface area contributed by atoms with Crippen LogP contribution in [0.1, 0.15) is 20.8 Å². The van der Waals surface area contributed by atoms with Crippen LogP contribution in [0, 0.1) is 11.3 Å². The Hall–Kier alpha value is -2.10. The van der Waals surface area contributed by atoms with Crippen molar-refractivity contribution in [2.24, 2.45) is 0 Å². The fourth-order valence-electron chi connectivity index (χ4n) is 1.03. The second kappa shape index (κ2) is 5.30. The zero-order valence-corrected chi connectivity index (χ0v) is 10.4. The zero-order chi connectivity index (χ0) is 12.9. The average molecular weight is 236 g/mol. The second-order valence-electron chi connectivity index (χ2n) is 3.81. The maximum absolute atomic E-state index is 8.92. The molecule has 0 amide bonds. The van der Waals surface area contributed by atoms with E-state index in [2.05, 4.69) is 31.7 Å². The van der Waals surface area contributed by atoms with Gasteiger partial charge in [0.2, 0.25) is 11.9 Å². The number of anilines is 2. The largest absolute Gasteiger partial charge is 0.464 e. The highest BCUT2D eigenvalue weighted by Gasteiger charge is 2.18. The minimum absolute atomic E-state index is 0.225. The van der Waals surface area contributed by atoms with Gasteiger partial charge in [0.25, 0.3) is 0 Å². The molecular weight excluding hydrogens is 220 g/mol. The fraction of sp³-hybridized carbons (Fsp3) is 0.600. The lowest BCUT2D eigenvalue weighted by Crippen LogP contribution is -2.29. The van der Waals surface area contributed by atoms with Crippen LogP contribution >= 0.6 is 0 Å². The van der Waals surface area contributed by atoms with E-state index in [4.69, 9.17) is 10.00 Å². The van der Waals surface area contributed by atoms with Gasteiger partial charge in [0.15, 0.2) is 0 Å². The van der Waals surface area contributed by atoms with Gasteiger partial charge in [-0.3, -0.25) is 0 Å². The van der Waals surface area contributed by atoms with Crippen LogP contribution < -0.4 is 15.4 Å². The maximum Gasteiger partial charge on any atom is 0.323 e. The molecule has 0 saturated heterocycles. The highest BCUT2D eigenvalue weighted by atomic mass is 16.5. The standard InChI is InChI=1S/C10H16N6O/c1-5-17-9-14-7(12-4)13-8(15-9)16-10(2,3)6-11/h5H2,1-4H3,(H2,12,13,14,15,16). The molecule has 0 bridgehead atoms. The normalized spacial score (nSPS) is 10.5. The van der Waals surface area contributed by atoms with E-state index in [1.54, 1.807) is 20.9 Å². The van der Waals surface area contributed by atoms with Crippen molar-refractivity contribution >= 4 is 11.9 Å². The molecule has 17 heavy (non-hydrogen) atoms. The SMILES string of the molecule is CCOc1nc(NC)nc(NC(C)(C)C#N)n1. The van der Waals surface area contributed by atoms with Gasteiger partial charge in [0.05, 0.1) is 12.7 Å². The molecule has 2 N–H and O–H groups in total. The van der Waals surface area contributed by atoms with Crippen LogP contribution in [0.25, 0.3) is 0 Å². The Morgan fingerprint density at radius 1 is 1.29 bits per heavy atom. The summed E-state index contributed by atoms with van der Waals surface area (Å²) in [7, 11) is 1.70. The third-order valence-electron chi connectivity index (χ3n) is 1.82. The molecule has 1 aromatic rings. The third kappa shape index (κ3) is 3.75. The number of rotatable bonds is 5. The number of ether oxygens (including phenoxy) is 1. The second-order valence-corrected chi connectivity index (χ2v) is 3.81. The molecule has 0 radical (unpaired) electrons. The lowest BCUT2D eigenvalue weighted by Gasteiger charge is -2.17. The van der Waals surface area contributed by atoms with E-state index < -0.39 is 5.54 Å². The molecule has 0 aliphatic carbocycles. The molecule has 7 heteroatoms. The van der Waals surface area contributed by atoms with Gasteiger partial charge in [0.1, 0.15) is 5.54 Å². The zero-order valence-electron chi connectivity index (χ0n) is 10.4. The number of nitriles is 1. The predicted octanol–water partition coefficient (Wildman–Crippen LogP) is 1.03. The van der Waals surface area contributed by atoms with Crippen molar-refractivity contribution in [3.8, 4) is 12.1 Å². The van der Waals surface area contributed by atoms with Gasteiger partial charge in [-0.05, 0) is 20.8 Å². The minimum Gasteiger partial charge on any atom is -0.464 e. The van der Waals surface area contributed by atoms with Crippen molar-refractivity contribution in [3.63, 3.8) is 0 Å². The van der Waals surface area contributed by atoms with E-state index in [0.29, 0.717) is 18.5 Å². The summed E-state index contributed by atoms with van der Waals surface area (Å²) in [6.07, 6.45) is 0. The smallest absolute Gasteiger partial charge is 0.323 e. The molecule has 0 atom stereocenters. The van der Waals surface area contributed by atoms with E-state index in [1.807, 2.05) is 6.92 Å². The number of hydrogen-bond donors (Lipinski definition) is 2. The van der Waals surface area contributed by atoms with Crippen molar-refractivity contribution in [1.29, 1.82) is 5.26 Å². The van der Waals surface area contributed by atoms with Crippen LogP contribution in [0.4, 0.5) is 11.9 Å². The Labute approximate surface area is 100 Å². The lowest BCUT2D eigenvalue weighted by atomic mass is 10.1. The Bertz CT molecular complexity index is 425. The van der Waals surface area contributed by atoms with Gasteiger partial charge in [0, 0.05) is 7.05 Å². The molecule has 0 aliphatic heterocycles. The Balaban J connectivity index is 2.99. The van der Waals surface area contributed by atoms with Crippen molar-refractivity contribution < 1.29 is 4.74 Å². The lowest BCUT2D eigenvalue weighted by molar-refractivity contribution is 0.312. The summed E-state index contributed by atoms with van der Waals surface area (Å²) in [5.41, 5.74) is -0.754. The van der Waals surface area contributed by atoms with Crippen LogP contribution in [0.3, 0.4) is 0 Å². The van der Waals surface area contributed by atoms with Crippen LogP contribution in [0.2, 0.25) is 0 Å². The number of nitrogens with zero attached hydrogens (tertiary/aromatic N) is 4. The molecule has 0 aromatic carbocycles. The molecule has 0 unspecified atom stereocenters. The van der Waals surface area contributed by atoms with E-state index in [1.165, 1.54) is 0 Å². The first kappa shape index (κ1) is 13.0. The summed E-state index contributed by atoms with van der Waals surface area (Å²) in [4.78, 5) is 12.2. The number of nitrogens with one attached hydrogen (secondary N) is 2. The molecule has 1 rings (SSSR count). The quantitative estimate of drug-likeness (QED) is 0.788. The minimum atomic E-state index is -0.754. The molecule has 1 aromatic heterocycles. The topological polar surface area (TPSA) is 95.8 Å². The first-order valence-electron chi connectivity index (χ1n) is 5.27. The van der Waals surface area contributed by atoms with Crippen molar-refractivity contribution in [3.05, 3.63) is 0 Å². The van der Waals surface area contributed by atoms with Crippen LogP contribution in [-0.4, -0.2) is 34.1 Å². The molecule has 0 saturated carbocycles. The average Bonchev–Trinajstić information content (AvgIpc) is 2.28. The van der Waals surface area contributed by atoms with E-state index >= 15 is 0 Å². The summed E-state index contributed by atoms with van der Waals surface area (Å²) in [5, 5.41) is 14.6. The molecule has 0 fully saturated rings. The summed E-state index contributed by atoms with van der Waals surface area (Å²) in [6.45, 7) is 5.77. The molecular formula is C10H16N6O. The third-order valence-corrected chi connectivity index (χ3v) is 1.82. The first-order valence-corrected chi connectivity index (χ1v) is 5.27.